The maximum absolute atomic E-state index is 12.3. The fourth-order valence-corrected chi connectivity index (χ4v) is 3.48. The molecule has 0 bridgehead atoms. The summed E-state index contributed by atoms with van der Waals surface area (Å²) < 4.78 is 25.6. The summed E-state index contributed by atoms with van der Waals surface area (Å²) in [6.07, 6.45) is 1.35. The van der Waals surface area contributed by atoms with Crippen LogP contribution in [0.4, 0.5) is 0 Å². The standard InChI is InChI=1S/C16H15Cl2N3O3S/c1-21(25(23,24)14-5-3-2-4-6-14)11-16(22)20-19-10-12-7-8-13(17)9-15(12)18/h2-10H,11H2,1H3,(H,20,22)/b19-10-. The molecule has 0 aliphatic heterocycles. The van der Waals surface area contributed by atoms with Crippen molar-refractivity contribution in [3.8, 4) is 0 Å². The number of sulfonamides is 1. The number of hydrogen-bond donors (Lipinski definition) is 1. The summed E-state index contributed by atoms with van der Waals surface area (Å²) in [5.74, 6) is -0.580. The molecule has 1 amide bonds. The molecule has 9 heteroatoms. The molecular formula is C16H15Cl2N3O3S. The molecule has 132 valence electrons. The van der Waals surface area contributed by atoms with E-state index in [2.05, 4.69) is 10.5 Å². The topological polar surface area (TPSA) is 78.8 Å². The molecule has 0 saturated heterocycles. The fourth-order valence-electron chi connectivity index (χ4n) is 1.87. The number of carbonyl (C=O) groups excluding carboxylic acids is 1. The van der Waals surface area contributed by atoms with E-state index >= 15 is 0 Å². The average Bonchev–Trinajstić information content (AvgIpc) is 2.57. The van der Waals surface area contributed by atoms with E-state index in [1.165, 1.54) is 25.4 Å². The first-order valence-corrected chi connectivity index (χ1v) is 9.28. The van der Waals surface area contributed by atoms with E-state index in [1.54, 1.807) is 36.4 Å². The Hall–Kier alpha value is -1.93. The number of hydrazone groups is 1. The molecule has 25 heavy (non-hydrogen) atoms. The van der Waals surface area contributed by atoms with Gasteiger partial charge < -0.3 is 0 Å². The molecule has 0 saturated carbocycles. The number of carbonyl (C=O) groups is 1. The third-order valence-electron chi connectivity index (χ3n) is 3.17. The summed E-state index contributed by atoms with van der Waals surface area (Å²) in [5.41, 5.74) is 2.83. The molecule has 2 rings (SSSR count). The zero-order valence-electron chi connectivity index (χ0n) is 13.2. The van der Waals surface area contributed by atoms with Crippen LogP contribution in [-0.2, 0) is 14.8 Å². The molecule has 0 atom stereocenters. The van der Waals surface area contributed by atoms with Gasteiger partial charge in [0.05, 0.1) is 22.7 Å². The van der Waals surface area contributed by atoms with Crippen molar-refractivity contribution < 1.29 is 13.2 Å². The normalized spacial score (nSPS) is 11.8. The third kappa shape index (κ3) is 5.27. The van der Waals surface area contributed by atoms with Crippen LogP contribution in [0.25, 0.3) is 0 Å². The maximum Gasteiger partial charge on any atom is 0.255 e. The zero-order chi connectivity index (χ0) is 18.4. The van der Waals surface area contributed by atoms with E-state index in [0.29, 0.717) is 15.6 Å². The quantitative estimate of drug-likeness (QED) is 0.598. The molecule has 0 radical (unpaired) electrons. The largest absolute Gasteiger partial charge is 0.272 e. The Morgan fingerprint density at radius 1 is 1.20 bits per heavy atom. The first-order chi connectivity index (χ1) is 11.8. The van der Waals surface area contributed by atoms with E-state index in [1.807, 2.05) is 0 Å². The van der Waals surface area contributed by atoms with Crippen LogP contribution in [-0.4, -0.2) is 38.4 Å². The average molecular weight is 400 g/mol. The maximum atomic E-state index is 12.3. The van der Waals surface area contributed by atoms with Crippen molar-refractivity contribution in [1.29, 1.82) is 0 Å². The second-order valence-corrected chi connectivity index (χ2v) is 7.92. The lowest BCUT2D eigenvalue weighted by molar-refractivity contribution is -0.121. The van der Waals surface area contributed by atoms with Gasteiger partial charge in [-0.1, -0.05) is 47.5 Å². The van der Waals surface area contributed by atoms with Gasteiger partial charge in [0.2, 0.25) is 10.0 Å². The van der Waals surface area contributed by atoms with Crippen molar-refractivity contribution in [2.24, 2.45) is 5.10 Å². The number of nitrogens with one attached hydrogen (secondary N) is 1. The summed E-state index contributed by atoms with van der Waals surface area (Å²) in [5, 5.41) is 4.64. The van der Waals surface area contributed by atoms with Gasteiger partial charge in [0.1, 0.15) is 0 Å². The van der Waals surface area contributed by atoms with Crippen molar-refractivity contribution in [3.05, 3.63) is 64.1 Å². The Morgan fingerprint density at radius 3 is 2.52 bits per heavy atom. The van der Waals surface area contributed by atoms with Crippen LogP contribution < -0.4 is 5.43 Å². The van der Waals surface area contributed by atoms with Crippen molar-refractivity contribution >= 4 is 45.3 Å². The molecule has 1 N–H and O–H groups in total. The van der Waals surface area contributed by atoms with Crippen LogP contribution in [0.2, 0.25) is 10.0 Å². The third-order valence-corrected chi connectivity index (χ3v) is 5.55. The highest BCUT2D eigenvalue weighted by atomic mass is 35.5. The van der Waals surface area contributed by atoms with Gasteiger partial charge in [-0.05, 0) is 24.3 Å². The van der Waals surface area contributed by atoms with Crippen molar-refractivity contribution in [1.82, 2.24) is 9.73 Å². The smallest absolute Gasteiger partial charge is 0.255 e. The number of rotatable bonds is 6. The van der Waals surface area contributed by atoms with Gasteiger partial charge in [-0.25, -0.2) is 13.8 Å². The highest BCUT2D eigenvalue weighted by Crippen LogP contribution is 2.19. The van der Waals surface area contributed by atoms with Crippen molar-refractivity contribution in [2.45, 2.75) is 4.90 Å². The number of likely N-dealkylation sites (N-methyl/N-ethyl adjacent to an activating group) is 1. The van der Waals surface area contributed by atoms with Crippen LogP contribution in [0, 0.1) is 0 Å². The Balaban J connectivity index is 1.97. The number of benzene rings is 2. The van der Waals surface area contributed by atoms with Gasteiger partial charge in [0, 0.05) is 17.6 Å². The molecule has 2 aromatic rings. The van der Waals surface area contributed by atoms with Crippen LogP contribution in [0.3, 0.4) is 0 Å². The Morgan fingerprint density at radius 2 is 1.88 bits per heavy atom. The molecule has 0 aliphatic carbocycles. The number of hydrogen-bond acceptors (Lipinski definition) is 4. The second-order valence-electron chi connectivity index (χ2n) is 5.03. The van der Waals surface area contributed by atoms with E-state index < -0.39 is 15.9 Å². The monoisotopic (exact) mass is 399 g/mol. The first-order valence-electron chi connectivity index (χ1n) is 7.09. The molecule has 0 unspecified atom stereocenters. The predicted molar refractivity (Wildman–Crippen MR) is 98.5 cm³/mol. The highest BCUT2D eigenvalue weighted by Gasteiger charge is 2.22. The summed E-state index contributed by atoms with van der Waals surface area (Å²) in [6.45, 7) is -0.372. The van der Waals surface area contributed by atoms with Gasteiger partial charge in [-0.3, -0.25) is 4.79 Å². The number of nitrogens with zero attached hydrogens (tertiary/aromatic N) is 2. The van der Waals surface area contributed by atoms with Crippen LogP contribution in [0.15, 0.2) is 58.5 Å². The minimum atomic E-state index is -3.74. The molecule has 2 aromatic carbocycles. The van der Waals surface area contributed by atoms with E-state index in [9.17, 15) is 13.2 Å². The zero-order valence-corrected chi connectivity index (χ0v) is 15.5. The Bertz CT molecular complexity index is 887. The fraction of sp³-hybridized carbons (Fsp3) is 0.125. The Kier molecular flexibility index (Phi) is 6.55. The lowest BCUT2D eigenvalue weighted by atomic mass is 10.2. The van der Waals surface area contributed by atoms with Crippen molar-refractivity contribution in [2.75, 3.05) is 13.6 Å². The van der Waals surface area contributed by atoms with Crippen LogP contribution in [0.5, 0.6) is 0 Å². The second kappa shape index (κ2) is 8.44. The minimum Gasteiger partial charge on any atom is -0.272 e. The number of amides is 1. The van der Waals surface area contributed by atoms with Crippen molar-refractivity contribution in [3.63, 3.8) is 0 Å². The lowest BCUT2D eigenvalue weighted by Gasteiger charge is -2.15. The van der Waals surface area contributed by atoms with E-state index in [0.717, 1.165) is 4.31 Å². The summed E-state index contributed by atoms with van der Waals surface area (Å²) in [7, 11) is -2.42. The Labute approximate surface area is 156 Å². The van der Waals surface area contributed by atoms with E-state index in [-0.39, 0.29) is 11.4 Å². The summed E-state index contributed by atoms with van der Waals surface area (Å²) in [6, 6.07) is 12.7. The molecular weight excluding hydrogens is 385 g/mol. The van der Waals surface area contributed by atoms with Gasteiger partial charge in [-0.2, -0.15) is 9.41 Å². The minimum absolute atomic E-state index is 0.113. The van der Waals surface area contributed by atoms with Gasteiger partial charge >= 0.3 is 0 Å². The summed E-state index contributed by atoms with van der Waals surface area (Å²) >= 11 is 11.8. The molecule has 0 spiro atoms. The van der Waals surface area contributed by atoms with Crippen LogP contribution >= 0.6 is 23.2 Å². The molecule has 0 heterocycles. The predicted octanol–water partition coefficient (Wildman–Crippen LogP) is 2.76. The molecule has 0 fully saturated rings. The van der Waals surface area contributed by atoms with E-state index in [4.69, 9.17) is 23.2 Å². The molecule has 6 nitrogen and oxygen atoms in total. The molecule has 0 aliphatic rings. The highest BCUT2D eigenvalue weighted by molar-refractivity contribution is 7.89. The summed E-state index contributed by atoms with van der Waals surface area (Å²) in [4.78, 5) is 12.0. The van der Waals surface area contributed by atoms with Gasteiger partial charge in [-0.15, -0.1) is 0 Å². The van der Waals surface area contributed by atoms with Gasteiger partial charge in [0.25, 0.3) is 5.91 Å². The lowest BCUT2D eigenvalue weighted by Crippen LogP contribution is -2.36. The van der Waals surface area contributed by atoms with Gasteiger partial charge in [0.15, 0.2) is 0 Å². The number of halogens is 2. The first kappa shape index (κ1) is 19.4. The van der Waals surface area contributed by atoms with Crippen LogP contribution in [0.1, 0.15) is 5.56 Å². The SMILES string of the molecule is CN(CC(=O)N/N=C\c1ccc(Cl)cc1Cl)S(=O)(=O)c1ccccc1. The molecule has 0 aromatic heterocycles.